The van der Waals surface area contributed by atoms with Gasteiger partial charge < -0.3 is 22.1 Å². The molecule has 1 heterocycles. The molecule has 1 aliphatic heterocycles. The number of hydrogen-bond acceptors (Lipinski definition) is 5. The molecule has 6 N–H and O–H groups in total. The van der Waals surface area contributed by atoms with Crippen LogP contribution in [-0.4, -0.2) is 13.0 Å². The summed E-state index contributed by atoms with van der Waals surface area (Å²) in [4.78, 5) is 4.30. The van der Waals surface area contributed by atoms with Crippen molar-refractivity contribution in [1.29, 1.82) is 0 Å². The highest BCUT2D eigenvalue weighted by Gasteiger charge is 2.14. The molecule has 16 heavy (non-hydrogen) atoms. The maximum absolute atomic E-state index is 5.74. The van der Waals surface area contributed by atoms with Crippen molar-refractivity contribution in [1.82, 2.24) is 10.6 Å². The second-order valence-corrected chi connectivity index (χ2v) is 3.58. The van der Waals surface area contributed by atoms with Gasteiger partial charge in [-0.3, -0.25) is 0 Å². The predicted molar refractivity (Wildman–Crippen MR) is 65.5 cm³/mol. The van der Waals surface area contributed by atoms with Crippen molar-refractivity contribution < 1.29 is 0 Å². The fourth-order valence-corrected chi connectivity index (χ4v) is 1.62. The van der Waals surface area contributed by atoms with E-state index in [9.17, 15) is 0 Å². The van der Waals surface area contributed by atoms with Crippen LogP contribution < -0.4 is 22.1 Å². The molecule has 0 fully saturated rings. The van der Waals surface area contributed by atoms with Gasteiger partial charge in [0.2, 0.25) is 0 Å². The molecule has 1 atom stereocenters. The van der Waals surface area contributed by atoms with E-state index in [1.807, 2.05) is 37.4 Å². The molecule has 1 aromatic rings. The highest BCUT2D eigenvalue weighted by Crippen LogP contribution is 2.23. The first kappa shape index (κ1) is 10.4. The number of aliphatic imine (C=N–C) groups is 1. The first-order valence-electron chi connectivity index (χ1n) is 5.04. The summed E-state index contributed by atoms with van der Waals surface area (Å²) in [5, 5.41) is 5.93. The van der Waals surface area contributed by atoms with Crippen molar-refractivity contribution in [2.24, 2.45) is 10.7 Å². The van der Waals surface area contributed by atoms with Crippen LogP contribution in [0.3, 0.4) is 0 Å². The second kappa shape index (κ2) is 4.14. The third kappa shape index (κ3) is 2.08. The minimum absolute atomic E-state index is 0.0906. The van der Waals surface area contributed by atoms with Crippen LogP contribution >= 0.6 is 0 Å². The molecular weight excluding hydrogens is 202 g/mol. The molecule has 5 heteroatoms. The van der Waals surface area contributed by atoms with Gasteiger partial charge in [-0.1, -0.05) is 12.1 Å². The molecule has 0 saturated carbocycles. The van der Waals surface area contributed by atoms with Gasteiger partial charge in [-0.2, -0.15) is 0 Å². The summed E-state index contributed by atoms with van der Waals surface area (Å²) in [6.45, 7) is 0. The summed E-state index contributed by atoms with van der Waals surface area (Å²) in [6.07, 6.45) is 1.96. The standard InChI is InChI=1S/C11H15N5/c1-14-10-6-9(15-11(13)16-10)7-3-2-4-8(12)5-7/h2-6,9,14H,12H2,1H3,(H3,13,15,16). The predicted octanol–water partition coefficient (Wildman–Crippen LogP) is 0.289. The van der Waals surface area contributed by atoms with Crippen molar-refractivity contribution in [3.05, 3.63) is 41.7 Å². The second-order valence-electron chi connectivity index (χ2n) is 3.58. The largest absolute Gasteiger partial charge is 0.399 e. The molecule has 1 aromatic carbocycles. The van der Waals surface area contributed by atoms with Gasteiger partial charge in [-0.25, -0.2) is 4.99 Å². The average Bonchev–Trinajstić information content (AvgIpc) is 2.28. The van der Waals surface area contributed by atoms with Gasteiger partial charge in [0, 0.05) is 12.7 Å². The third-order valence-electron chi connectivity index (χ3n) is 2.39. The van der Waals surface area contributed by atoms with E-state index in [1.54, 1.807) is 0 Å². The van der Waals surface area contributed by atoms with Crippen molar-refractivity contribution in [2.45, 2.75) is 6.04 Å². The smallest absolute Gasteiger partial charge is 0.195 e. The quantitative estimate of drug-likeness (QED) is 0.536. The average molecular weight is 217 g/mol. The van der Waals surface area contributed by atoms with Crippen LogP contribution in [0.1, 0.15) is 11.6 Å². The van der Waals surface area contributed by atoms with Crippen LogP contribution in [0.4, 0.5) is 5.69 Å². The number of nitrogens with two attached hydrogens (primary N) is 2. The molecule has 0 radical (unpaired) electrons. The number of anilines is 1. The van der Waals surface area contributed by atoms with Gasteiger partial charge in [0.15, 0.2) is 5.96 Å². The van der Waals surface area contributed by atoms with Crippen molar-refractivity contribution in [2.75, 3.05) is 12.8 Å². The molecule has 0 aliphatic carbocycles. The third-order valence-corrected chi connectivity index (χ3v) is 2.39. The first-order valence-corrected chi connectivity index (χ1v) is 5.04. The van der Waals surface area contributed by atoms with Crippen LogP contribution in [0.5, 0.6) is 0 Å². The highest BCUT2D eigenvalue weighted by atomic mass is 15.2. The maximum Gasteiger partial charge on any atom is 0.195 e. The Balaban J connectivity index is 2.33. The van der Waals surface area contributed by atoms with Gasteiger partial charge in [-0.15, -0.1) is 0 Å². The van der Waals surface area contributed by atoms with E-state index in [0.717, 1.165) is 17.1 Å². The molecule has 1 aliphatic rings. The molecule has 0 saturated heterocycles. The van der Waals surface area contributed by atoms with Crippen LogP contribution in [0.2, 0.25) is 0 Å². The lowest BCUT2D eigenvalue weighted by Crippen LogP contribution is -2.38. The zero-order valence-corrected chi connectivity index (χ0v) is 9.07. The molecule has 84 valence electrons. The Hall–Kier alpha value is -2.17. The normalized spacial score (nSPS) is 19.4. The fourth-order valence-electron chi connectivity index (χ4n) is 1.62. The Morgan fingerprint density at radius 2 is 2.19 bits per heavy atom. The van der Waals surface area contributed by atoms with Crippen molar-refractivity contribution in [3.63, 3.8) is 0 Å². The van der Waals surface area contributed by atoms with Crippen LogP contribution in [0.15, 0.2) is 41.2 Å². The van der Waals surface area contributed by atoms with Gasteiger partial charge in [-0.05, 0) is 23.8 Å². The first-order chi connectivity index (χ1) is 7.69. The Morgan fingerprint density at radius 3 is 2.88 bits per heavy atom. The van der Waals surface area contributed by atoms with E-state index in [0.29, 0.717) is 5.96 Å². The topological polar surface area (TPSA) is 88.5 Å². The summed E-state index contributed by atoms with van der Waals surface area (Å²) in [7, 11) is 1.83. The Morgan fingerprint density at radius 1 is 1.38 bits per heavy atom. The number of nitrogens with zero attached hydrogens (tertiary/aromatic N) is 1. The number of hydrogen-bond donors (Lipinski definition) is 4. The molecule has 5 nitrogen and oxygen atoms in total. The van der Waals surface area contributed by atoms with Gasteiger partial charge in [0.25, 0.3) is 0 Å². The number of benzene rings is 1. The number of rotatable bonds is 2. The number of guanidine groups is 1. The van der Waals surface area contributed by atoms with Crippen LogP contribution in [-0.2, 0) is 0 Å². The zero-order valence-electron chi connectivity index (χ0n) is 9.07. The number of nitrogen functional groups attached to an aromatic ring is 1. The summed E-state index contributed by atoms with van der Waals surface area (Å²) < 4.78 is 0. The minimum atomic E-state index is -0.0906. The van der Waals surface area contributed by atoms with E-state index in [4.69, 9.17) is 11.5 Å². The lowest BCUT2D eigenvalue weighted by molar-refractivity contribution is 0.781. The lowest BCUT2D eigenvalue weighted by Gasteiger charge is -2.20. The lowest BCUT2D eigenvalue weighted by atomic mass is 10.1. The molecule has 0 spiro atoms. The van der Waals surface area contributed by atoms with E-state index in [1.165, 1.54) is 0 Å². The van der Waals surface area contributed by atoms with Crippen molar-refractivity contribution in [3.8, 4) is 0 Å². The summed E-state index contributed by atoms with van der Waals surface area (Å²) >= 11 is 0. The van der Waals surface area contributed by atoms with Crippen molar-refractivity contribution >= 4 is 11.6 Å². The van der Waals surface area contributed by atoms with E-state index >= 15 is 0 Å². The molecule has 1 unspecified atom stereocenters. The Kier molecular flexibility index (Phi) is 2.68. The Labute approximate surface area is 94.2 Å². The molecular formula is C11H15N5. The maximum atomic E-state index is 5.74. The SMILES string of the molecule is CNC1=CC(c2cccc(N)c2)N=C(N)N1. The van der Waals surface area contributed by atoms with E-state index in [2.05, 4.69) is 15.6 Å². The molecule has 0 aromatic heterocycles. The van der Waals surface area contributed by atoms with Crippen LogP contribution in [0.25, 0.3) is 0 Å². The van der Waals surface area contributed by atoms with E-state index in [-0.39, 0.29) is 6.04 Å². The summed E-state index contributed by atoms with van der Waals surface area (Å²) in [6, 6.07) is 7.54. The highest BCUT2D eigenvalue weighted by molar-refractivity contribution is 5.81. The molecule has 2 rings (SSSR count). The van der Waals surface area contributed by atoms with Gasteiger partial charge >= 0.3 is 0 Å². The minimum Gasteiger partial charge on any atom is -0.399 e. The van der Waals surface area contributed by atoms with E-state index < -0.39 is 0 Å². The summed E-state index contributed by atoms with van der Waals surface area (Å²) in [5.41, 5.74) is 13.2. The summed E-state index contributed by atoms with van der Waals surface area (Å²) in [5.74, 6) is 1.25. The van der Waals surface area contributed by atoms with Gasteiger partial charge in [0.1, 0.15) is 11.9 Å². The Bertz CT molecular complexity index is 449. The van der Waals surface area contributed by atoms with Gasteiger partial charge in [0.05, 0.1) is 0 Å². The monoisotopic (exact) mass is 217 g/mol. The van der Waals surface area contributed by atoms with Crippen LogP contribution in [0, 0.1) is 0 Å². The molecule has 0 amide bonds. The zero-order chi connectivity index (χ0) is 11.5. The number of nitrogens with one attached hydrogen (secondary N) is 2. The fraction of sp³-hybridized carbons (Fsp3) is 0.182. The molecule has 0 bridgehead atoms.